The molecule has 0 aromatic rings. The van der Waals surface area contributed by atoms with E-state index in [2.05, 4.69) is 15.1 Å². The predicted octanol–water partition coefficient (Wildman–Crippen LogP) is 2.08. The Kier molecular flexibility index (Phi) is 4.02. The average Bonchev–Trinajstić information content (AvgIpc) is 2.95. The maximum Gasteiger partial charge on any atom is 0.0195 e. The number of hydrogen-bond acceptors (Lipinski definition) is 3. The molecule has 0 aromatic heterocycles. The van der Waals surface area contributed by atoms with Gasteiger partial charge in [0, 0.05) is 31.2 Å². The number of hydrogen-bond donors (Lipinski definition) is 1. The molecule has 3 heteroatoms. The third-order valence-electron chi connectivity index (χ3n) is 6.12. The summed E-state index contributed by atoms with van der Waals surface area (Å²) in [5, 5.41) is 3.71. The molecule has 0 amide bonds. The van der Waals surface area contributed by atoms with Crippen LogP contribution in [0.1, 0.15) is 51.4 Å². The quantitative estimate of drug-likeness (QED) is 0.830. The Morgan fingerprint density at radius 1 is 0.950 bits per heavy atom. The third-order valence-corrected chi connectivity index (χ3v) is 6.12. The molecule has 3 nitrogen and oxygen atoms in total. The zero-order valence-corrected chi connectivity index (χ0v) is 12.9. The standard InChI is InChI=1S/C17H31N3/c1-3-15(18-8-1)13-20(12-14-5-6-14)17-7-10-19-9-2-4-16(19)11-17/h14-18H,1-13H2. The molecule has 1 N–H and O–H groups in total. The highest BCUT2D eigenvalue weighted by Crippen LogP contribution is 2.34. The smallest absolute Gasteiger partial charge is 0.0195 e. The maximum absolute atomic E-state index is 3.71. The molecule has 3 saturated heterocycles. The van der Waals surface area contributed by atoms with Crippen molar-refractivity contribution in [2.45, 2.75) is 69.5 Å². The van der Waals surface area contributed by atoms with E-state index in [0.29, 0.717) is 0 Å². The Hall–Kier alpha value is -0.120. The molecule has 20 heavy (non-hydrogen) atoms. The van der Waals surface area contributed by atoms with Crippen LogP contribution in [0.5, 0.6) is 0 Å². The van der Waals surface area contributed by atoms with Crippen molar-refractivity contribution in [2.24, 2.45) is 5.92 Å². The van der Waals surface area contributed by atoms with E-state index in [1.165, 1.54) is 84.1 Å². The van der Waals surface area contributed by atoms with Gasteiger partial charge in [0.25, 0.3) is 0 Å². The lowest BCUT2D eigenvalue weighted by Crippen LogP contribution is -2.51. The van der Waals surface area contributed by atoms with Crippen molar-refractivity contribution in [3.63, 3.8) is 0 Å². The Bertz CT molecular complexity index is 322. The van der Waals surface area contributed by atoms with E-state index >= 15 is 0 Å². The lowest BCUT2D eigenvalue weighted by atomic mass is 9.95. The fourth-order valence-electron chi connectivity index (χ4n) is 4.74. The van der Waals surface area contributed by atoms with Crippen molar-refractivity contribution in [1.82, 2.24) is 15.1 Å². The van der Waals surface area contributed by atoms with Gasteiger partial charge in [-0.25, -0.2) is 0 Å². The second-order valence-corrected chi connectivity index (χ2v) is 7.70. The van der Waals surface area contributed by atoms with Crippen LogP contribution in [0.4, 0.5) is 0 Å². The first-order chi connectivity index (χ1) is 9.88. The molecule has 0 aromatic carbocycles. The van der Waals surface area contributed by atoms with Crippen LogP contribution in [0.15, 0.2) is 0 Å². The molecule has 3 heterocycles. The molecule has 3 atom stereocenters. The van der Waals surface area contributed by atoms with E-state index in [1.807, 2.05) is 0 Å². The molecule has 0 radical (unpaired) electrons. The molecule has 114 valence electrons. The fraction of sp³-hybridized carbons (Fsp3) is 1.00. The van der Waals surface area contributed by atoms with Crippen LogP contribution in [0.25, 0.3) is 0 Å². The van der Waals surface area contributed by atoms with E-state index in [9.17, 15) is 0 Å². The average molecular weight is 277 g/mol. The van der Waals surface area contributed by atoms with E-state index in [4.69, 9.17) is 0 Å². The van der Waals surface area contributed by atoms with Crippen molar-refractivity contribution in [3.05, 3.63) is 0 Å². The molecule has 0 bridgehead atoms. The van der Waals surface area contributed by atoms with Crippen LogP contribution in [0.3, 0.4) is 0 Å². The first kappa shape index (κ1) is 13.5. The molecule has 0 spiro atoms. The minimum absolute atomic E-state index is 0.787. The van der Waals surface area contributed by atoms with Crippen LogP contribution in [-0.2, 0) is 0 Å². The van der Waals surface area contributed by atoms with Crippen LogP contribution in [0.2, 0.25) is 0 Å². The van der Waals surface area contributed by atoms with Crippen molar-refractivity contribution in [3.8, 4) is 0 Å². The van der Waals surface area contributed by atoms with Gasteiger partial charge < -0.3 is 10.2 Å². The fourth-order valence-corrected chi connectivity index (χ4v) is 4.74. The normalized spacial score (nSPS) is 38.5. The highest BCUT2D eigenvalue weighted by Gasteiger charge is 2.36. The first-order valence-corrected chi connectivity index (χ1v) is 9.10. The van der Waals surface area contributed by atoms with Gasteiger partial charge in [-0.15, -0.1) is 0 Å². The minimum Gasteiger partial charge on any atom is -0.313 e. The molecule has 4 fully saturated rings. The minimum atomic E-state index is 0.787. The largest absolute Gasteiger partial charge is 0.313 e. The predicted molar refractivity (Wildman–Crippen MR) is 82.9 cm³/mol. The van der Waals surface area contributed by atoms with Gasteiger partial charge in [-0.1, -0.05) is 0 Å². The highest BCUT2D eigenvalue weighted by atomic mass is 15.2. The molecule has 4 aliphatic rings. The second kappa shape index (κ2) is 5.94. The summed E-state index contributed by atoms with van der Waals surface area (Å²) in [4.78, 5) is 5.66. The topological polar surface area (TPSA) is 18.5 Å². The van der Waals surface area contributed by atoms with Gasteiger partial charge in [0.05, 0.1) is 0 Å². The molecule has 3 aliphatic heterocycles. The van der Waals surface area contributed by atoms with Gasteiger partial charge in [0.2, 0.25) is 0 Å². The zero-order chi connectivity index (χ0) is 13.4. The van der Waals surface area contributed by atoms with Crippen molar-refractivity contribution >= 4 is 0 Å². The summed E-state index contributed by atoms with van der Waals surface area (Å²) in [6.07, 6.45) is 11.6. The lowest BCUT2D eigenvalue weighted by molar-refractivity contribution is 0.0784. The SMILES string of the molecule is C1CNC(CN(CC2CC2)C2CCN3CCCC3C2)C1. The molecule has 3 unspecified atom stereocenters. The van der Waals surface area contributed by atoms with Gasteiger partial charge in [0.1, 0.15) is 0 Å². The van der Waals surface area contributed by atoms with Gasteiger partial charge >= 0.3 is 0 Å². The number of nitrogens with zero attached hydrogens (tertiary/aromatic N) is 2. The van der Waals surface area contributed by atoms with Gasteiger partial charge in [-0.3, -0.25) is 4.90 Å². The van der Waals surface area contributed by atoms with Crippen LogP contribution < -0.4 is 5.32 Å². The van der Waals surface area contributed by atoms with Crippen molar-refractivity contribution in [1.29, 1.82) is 0 Å². The Morgan fingerprint density at radius 3 is 2.70 bits per heavy atom. The van der Waals surface area contributed by atoms with E-state index < -0.39 is 0 Å². The van der Waals surface area contributed by atoms with E-state index in [0.717, 1.165) is 24.0 Å². The van der Waals surface area contributed by atoms with E-state index in [1.54, 1.807) is 0 Å². The molecular weight excluding hydrogens is 246 g/mol. The van der Waals surface area contributed by atoms with Crippen LogP contribution in [-0.4, -0.2) is 60.6 Å². The van der Waals surface area contributed by atoms with Crippen molar-refractivity contribution < 1.29 is 0 Å². The third kappa shape index (κ3) is 3.05. The number of nitrogens with one attached hydrogen (secondary N) is 1. The second-order valence-electron chi connectivity index (χ2n) is 7.70. The molecule has 1 saturated carbocycles. The summed E-state index contributed by atoms with van der Waals surface area (Å²) >= 11 is 0. The summed E-state index contributed by atoms with van der Waals surface area (Å²) in [6, 6.07) is 2.60. The molecular formula is C17H31N3. The lowest BCUT2D eigenvalue weighted by Gasteiger charge is -2.41. The maximum atomic E-state index is 3.71. The highest BCUT2D eigenvalue weighted by molar-refractivity contribution is 4.93. The van der Waals surface area contributed by atoms with Gasteiger partial charge in [0.15, 0.2) is 0 Å². The van der Waals surface area contributed by atoms with E-state index in [-0.39, 0.29) is 0 Å². The van der Waals surface area contributed by atoms with Gasteiger partial charge in [-0.2, -0.15) is 0 Å². The number of fused-ring (bicyclic) bond motifs is 1. The number of piperidine rings is 1. The van der Waals surface area contributed by atoms with Crippen LogP contribution >= 0.6 is 0 Å². The zero-order valence-electron chi connectivity index (χ0n) is 12.9. The monoisotopic (exact) mass is 277 g/mol. The van der Waals surface area contributed by atoms with Crippen LogP contribution in [0, 0.1) is 5.92 Å². The Balaban J connectivity index is 1.37. The summed E-state index contributed by atoms with van der Waals surface area (Å²) < 4.78 is 0. The van der Waals surface area contributed by atoms with Gasteiger partial charge in [-0.05, 0) is 76.9 Å². The molecule has 4 rings (SSSR count). The van der Waals surface area contributed by atoms with Crippen molar-refractivity contribution in [2.75, 3.05) is 32.7 Å². The Morgan fingerprint density at radius 2 is 1.90 bits per heavy atom. The summed E-state index contributed by atoms with van der Waals surface area (Å²) in [5.74, 6) is 1.04. The summed E-state index contributed by atoms with van der Waals surface area (Å²) in [7, 11) is 0. The first-order valence-electron chi connectivity index (χ1n) is 9.10. The molecule has 1 aliphatic carbocycles. The summed E-state index contributed by atoms with van der Waals surface area (Å²) in [6.45, 7) is 6.73. The Labute approximate surface area is 124 Å². The number of rotatable bonds is 5. The summed E-state index contributed by atoms with van der Waals surface area (Å²) in [5.41, 5.74) is 0.